The number of carbonyl (C=O) groups is 6. The number of nitrogens with zero attached hydrogens (tertiary/aromatic N) is 2. The molecule has 1 fully saturated rings. The van der Waals surface area contributed by atoms with Gasteiger partial charge >= 0.3 is 11.9 Å². The normalized spacial score (nSPS) is 17.4. The highest BCUT2D eigenvalue weighted by molar-refractivity contribution is 5.95. The van der Waals surface area contributed by atoms with Crippen molar-refractivity contribution in [1.82, 2.24) is 15.5 Å². The lowest BCUT2D eigenvalue weighted by Gasteiger charge is -2.28. The Kier molecular flexibility index (Phi) is 12.1. The van der Waals surface area contributed by atoms with Gasteiger partial charge in [-0.25, -0.2) is 4.79 Å². The number of aliphatic imine (C=N–C) groups is 1. The summed E-state index contributed by atoms with van der Waals surface area (Å²) >= 11 is 0. The minimum atomic E-state index is -1.50. The van der Waals surface area contributed by atoms with Crippen LogP contribution in [0.15, 0.2) is 4.99 Å². The molecule has 16 heteroatoms. The van der Waals surface area contributed by atoms with Crippen LogP contribution in [0.2, 0.25) is 0 Å². The second-order valence-electron chi connectivity index (χ2n) is 8.31. The molecule has 0 aromatic heterocycles. The highest BCUT2D eigenvalue weighted by Gasteiger charge is 2.38. The van der Waals surface area contributed by atoms with Crippen LogP contribution >= 0.6 is 0 Å². The quantitative estimate of drug-likeness (QED) is 0.0594. The number of amides is 4. The molecule has 0 saturated carbocycles. The fourth-order valence-electron chi connectivity index (χ4n) is 3.66. The van der Waals surface area contributed by atoms with Gasteiger partial charge in [0.25, 0.3) is 0 Å². The number of rotatable bonds is 15. The number of guanidine groups is 1. The third kappa shape index (κ3) is 10.1. The molecule has 4 atom stereocenters. The summed E-state index contributed by atoms with van der Waals surface area (Å²) in [5.74, 6) is -5.79. The van der Waals surface area contributed by atoms with E-state index in [1.54, 1.807) is 0 Å². The van der Waals surface area contributed by atoms with Gasteiger partial charge in [0.1, 0.15) is 18.1 Å². The van der Waals surface area contributed by atoms with Crippen molar-refractivity contribution in [3.05, 3.63) is 0 Å². The van der Waals surface area contributed by atoms with Gasteiger partial charge in [-0.1, -0.05) is 0 Å². The summed E-state index contributed by atoms with van der Waals surface area (Å²) in [5.41, 5.74) is 21.4. The number of aliphatic carboxylic acids is 2. The maximum atomic E-state index is 13.0. The number of carbonyl (C=O) groups excluding carboxylic acids is 4. The Morgan fingerprint density at radius 3 is 2.22 bits per heavy atom. The Bertz CT molecular complexity index is 876. The molecule has 36 heavy (non-hydrogen) atoms. The fraction of sp³-hybridized carbons (Fsp3) is 0.650. The van der Waals surface area contributed by atoms with Crippen LogP contribution in [0.4, 0.5) is 0 Å². The lowest BCUT2D eigenvalue weighted by Crippen LogP contribution is -2.56. The van der Waals surface area contributed by atoms with Gasteiger partial charge in [-0.05, 0) is 32.1 Å². The molecular weight excluding hydrogens is 480 g/mol. The molecule has 1 rings (SSSR count). The zero-order valence-electron chi connectivity index (χ0n) is 19.7. The van der Waals surface area contributed by atoms with Gasteiger partial charge in [0.05, 0.1) is 12.5 Å². The Balaban J connectivity index is 2.97. The van der Waals surface area contributed by atoms with Gasteiger partial charge in [0, 0.05) is 19.5 Å². The SMILES string of the molecule is NC(=O)CC(N)C(=O)N1CCCC1C(=O)NC(CCCN=C(N)N)C(=O)NC(CCC(=O)O)C(=O)O. The third-order valence-corrected chi connectivity index (χ3v) is 5.42. The highest BCUT2D eigenvalue weighted by atomic mass is 16.4. The number of hydrogen-bond donors (Lipinski definition) is 8. The van der Waals surface area contributed by atoms with Crippen LogP contribution in [0.5, 0.6) is 0 Å². The van der Waals surface area contributed by atoms with Crippen LogP contribution in [0.3, 0.4) is 0 Å². The minimum Gasteiger partial charge on any atom is -0.481 e. The van der Waals surface area contributed by atoms with Crippen LogP contribution in [0.25, 0.3) is 0 Å². The van der Waals surface area contributed by atoms with E-state index in [-0.39, 0.29) is 44.7 Å². The monoisotopic (exact) mass is 514 g/mol. The molecular formula is C20H34N8O8. The number of nitrogens with two attached hydrogens (primary N) is 4. The van der Waals surface area contributed by atoms with Gasteiger partial charge in [-0.3, -0.25) is 29.0 Å². The number of hydrogen-bond acceptors (Lipinski definition) is 8. The molecule has 16 nitrogen and oxygen atoms in total. The predicted molar refractivity (Wildman–Crippen MR) is 125 cm³/mol. The van der Waals surface area contributed by atoms with Crippen LogP contribution in [0, 0.1) is 0 Å². The maximum absolute atomic E-state index is 13.0. The molecule has 4 unspecified atom stereocenters. The maximum Gasteiger partial charge on any atom is 0.326 e. The van der Waals surface area contributed by atoms with Crippen molar-refractivity contribution in [3.63, 3.8) is 0 Å². The first-order valence-electron chi connectivity index (χ1n) is 11.3. The van der Waals surface area contributed by atoms with Crippen molar-refractivity contribution >= 4 is 41.5 Å². The molecule has 0 spiro atoms. The second kappa shape index (κ2) is 14.4. The van der Waals surface area contributed by atoms with Crippen molar-refractivity contribution in [2.45, 2.75) is 69.1 Å². The van der Waals surface area contributed by atoms with E-state index in [1.165, 1.54) is 4.90 Å². The molecule has 1 aliphatic rings. The Hall–Kier alpha value is -3.95. The molecule has 0 radical (unpaired) electrons. The van der Waals surface area contributed by atoms with Crippen molar-refractivity contribution in [2.24, 2.45) is 27.9 Å². The number of likely N-dealkylation sites (tertiary alicyclic amines) is 1. The number of carboxylic acid groups (broad SMARTS) is 2. The van der Waals surface area contributed by atoms with Crippen LogP contribution < -0.4 is 33.6 Å². The lowest BCUT2D eigenvalue weighted by atomic mass is 10.1. The van der Waals surface area contributed by atoms with Gasteiger partial charge in [0.15, 0.2) is 5.96 Å². The van der Waals surface area contributed by atoms with E-state index in [1.807, 2.05) is 0 Å². The van der Waals surface area contributed by atoms with E-state index >= 15 is 0 Å². The zero-order valence-corrected chi connectivity index (χ0v) is 19.7. The first-order chi connectivity index (χ1) is 16.8. The molecule has 1 aliphatic heterocycles. The smallest absolute Gasteiger partial charge is 0.326 e. The van der Waals surface area contributed by atoms with Gasteiger partial charge in [-0.15, -0.1) is 0 Å². The van der Waals surface area contributed by atoms with E-state index in [0.717, 1.165) is 0 Å². The Morgan fingerprint density at radius 1 is 1.00 bits per heavy atom. The van der Waals surface area contributed by atoms with Gasteiger partial charge in [-0.2, -0.15) is 0 Å². The average Bonchev–Trinajstić information content (AvgIpc) is 3.26. The molecule has 4 amide bonds. The molecule has 1 saturated heterocycles. The van der Waals surface area contributed by atoms with Crippen molar-refractivity contribution < 1.29 is 39.0 Å². The van der Waals surface area contributed by atoms with E-state index in [0.29, 0.717) is 6.42 Å². The van der Waals surface area contributed by atoms with Crippen molar-refractivity contribution in [1.29, 1.82) is 0 Å². The lowest BCUT2D eigenvalue weighted by molar-refractivity contribution is -0.144. The number of carboxylic acids is 2. The summed E-state index contributed by atoms with van der Waals surface area (Å²) in [7, 11) is 0. The van der Waals surface area contributed by atoms with Crippen LogP contribution in [-0.4, -0.2) is 93.9 Å². The Labute approximate surface area is 206 Å². The van der Waals surface area contributed by atoms with Gasteiger partial charge < -0.3 is 48.7 Å². The van der Waals surface area contributed by atoms with Crippen LogP contribution in [-0.2, 0) is 28.8 Å². The summed E-state index contributed by atoms with van der Waals surface area (Å²) in [6, 6.07) is -4.91. The molecule has 12 N–H and O–H groups in total. The first kappa shape index (κ1) is 30.1. The first-order valence-corrected chi connectivity index (χ1v) is 11.3. The highest BCUT2D eigenvalue weighted by Crippen LogP contribution is 2.19. The molecule has 0 aliphatic carbocycles. The van der Waals surface area contributed by atoms with E-state index in [4.69, 9.17) is 28.0 Å². The number of nitrogens with one attached hydrogen (secondary N) is 2. The Morgan fingerprint density at radius 2 is 1.67 bits per heavy atom. The average molecular weight is 515 g/mol. The van der Waals surface area contributed by atoms with E-state index in [9.17, 15) is 33.9 Å². The van der Waals surface area contributed by atoms with E-state index in [2.05, 4.69) is 15.6 Å². The summed E-state index contributed by atoms with van der Waals surface area (Å²) in [5, 5.41) is 22.9. The fourth-order valence-corrected chi connectivity index (χ4v) is 3.66. The second-order valence-corrected chi connectivity index (χ2v) is 8.31. The molecule has 0 aromatic carbocycles. The topological polar surface area (TPSA) is 287 Å². The van der Waals surface area contributed by atoms with Gasteiger partial charge in [0.2, 0.25) is 23.6 Å². The molecule has 1 heterocycles. The summed E-state index contributed by atoms with van der Waals surface area (Å²) < 4.78 is 0. The number of primary amides is 1. The molecule has 0 bridgehead atoms. The van der Waals surface area contributed by atoms with E-state index < -0.39 is 72.6 Å². The zero-order chi connectivity index (χ0) is 27.4. The minimum absolute atomic E-state index is 0.0154. The van der Waals surface area contributed by atoms with Crippen molar-refractivity contribution in [2.75, 3.05) is 13.1 Å². The van der Waals surface area contributed by atoms with Crippen molar-refractivity contribution in [3.8, 4) is 0 Å². The molecule has 0 aromatic rings. The summed E-state index contributed by atoms with van der Waals surface area (Å²) in [4.78, 5) is 76.9. The summed E-state index contributed by atoms with van der Waals surface area (Å²) in [6.45, 7) is 0.334. The summed E-state index contributed by atoms with van der Waals surface area (Å²) in [6.07, 6.45) is -0.255. The molecule has 202 valence electrons. The third-order valence-electron chi connectivity index (χ3n) is 5.42. The predicted octanol–water partition coefficient (Wildman–Crippen LogP) is -3.85. The largest absolute Gasteiger partial charge is 0.481 e. The van der Waals surface area contributed by atoms with Crippen LogP contribution in [0.1, 0.15) is 44.9 Å². The standard InChI is InChI=1S/C20H34N8O8/c21-10(9-14(22)29)18(34)28-8-2-4-13(28)17(33)26-11(3-1-7-25-20(23)24)16(32)27-12(19(35)36)5-6-15(30)31/h10-13H,1-9,21H2,(H2,22,29)(H,26,33)(H,27,32)(H,30,31)(H,35,36)(H4,23,24,25).